The van der Waals surface area contributed by atoms with E-state index in [1.165, 1.54) is 0 Å². The van der Waals surface area contributed by atoms with Gasteiger partial charge < -0.3 is 14.2 Å². The molecular formula is C21H27ClN2O4S. The summed E-state index contributed by atoms with van der Waals surface area (Å²) in [5, 5.41) is 10.1. The third kappa shape index (κ3) is 5.18. The number of likely N-dealkylation sites (tertiary alicyclic amines) is 1. The Kier molecular flexibility index (Phi) is 6.40. The number of thioether (sulfide) groups is 1. The predicted octanol–water partition coefficient (Wildman–Crippen LogP) is 4.85. The number of nitrogens with zero attached hydrogens (tertiary/aromatic N) is 2. The van der Waals surface area contributed by atoms with Gasteiger partial charge in [0.2, 0.25) is 0 Å². The molecule has 0 unspecified atom stereocenters. The maximum absolute atomic E-state index is 13.1. The van der Waals surface area contributed by atoms with E-state index >= 15 is 0 Å². The van der Waals surface area contributed by atoms with Gasteiger partial charge in [-0.25, -0.2) is 4.79 Å². The Morgan fingerprint density at radius 2 is 1.83 bits per heavy atom. The van der Waals surface area contributed by atoms with E-state index in [0.717, 1.165) is 4.90 Å². The molecule has 0 aliphatic carbocycles. The Bertz CT molecular complexity index is 787. The molecule has 3 rings (SSSR count). The molecule has 8 heteroatoms. The fourth-order valence-electron chi connectivity index (χ4n) is 3.76. The fraction of sp³-hybridized carbons (Fsp3) is 0.619. The van der Waals surface area contributed by atoms with Gasteiger partial charge in [0.25, 0.3) is 0 Å². The van der Waals surface area contributed by atoms with Crippen molar-refractivity contribution in [3.8, 4) is 6.07 Å². The lowest BCUT2D eigenvalue weighted by molar-refractivity contribution is -0.165. The Labute approximate surface area is 181 Å². The van der Waals surface area contributed by atoms with Gasteiger partial charge in [0.1, 0.15) is 17.8 Å². The zero-order valence-electron chi connectivity index (χ0n) is 17.3. The second kappa shape index (κ2) is 8.35. The molecule has 0 N–H and O–H groups in total. The largest absolute Gasteiger partial charge is 0.444 e. The highest BCUT2D eigenvalue weighted by molar-refractivity contribution is 7.99. The molecule has 29 heavy (non-hydrogen) atoms. The van der Waals surface area contributed by atoms with Gasteiger partial charge in [-0.1, -0.05) is 11.6 Å². The summed E-state index contributed by atoms with van der Waals surface area (Å²) >= 11 is 7.59. The maximum Gasteiger partial charge on any atom is 0.411 e. The quantitative estimate of drug-likeness (QED) is 0.625. The second-order valence-corrected chi connectivity index (χ2v) is 10.2. The van der Waals surface area contributed by atoms with Crippen LogP contribution in [0.4, 0.5) is 4.79 Å². The summed E-state index contributed by atoms with van der Waals surface area (Å²) in [5.74, 6) is -0.171. The maximum atomic E-state index is 13.1. The van der Waals surface area contributed by atoms with E-state index in [0.29, 0.717) is 10.8 Å². The van der Waals surface area contributed by atoms with Crippen LogP contribution >= 0.6 is 23.4 Å². The van der Waals surface area contributed by atoms with Crippen molar-refractivity contribution < 1.29 is 19.0 Å². The Morgan fingerprint density at radius 3 is 2.38 bits per heavy atom. The van der Waals surface area contributed by atoms with Crippen LogP contribution in [0.5, 0.6) is 0 Å². The summed E-state index contributed by atoms with van der Waals surface area (Å²) in [6.45, 7) is 9.20. The standard InChI is InChI=1S/C21H27ClN2O4S/c1-20(2,3)28-19(25)24-15(10-11-23)17-18(27-21(4,5)26-17)16(24)12-29-14-8-6-13(22)7-9-14/h6-9,15-18H,10,12H2,1-5H3/t15-,16+,17-,18+/m0/s1. The highest BCUT2D eigenvalue weighted by Crippen LogP contribution is 2.43. The number of hydrogen-bond acceptors (Lipinski definition) is 6. The number of rotatable bonds is 4. The molecular weight excluding hydrogens is 412 g/mol. The summed E-state index contributed by atoms with van der Waals surface area (Å²) in [5.41, 5.74) is -0.638. The average Bonchev–Trinajstić information content (AvgIpc) is 3.04. The molecule has 0 aromatic heterocycles. The van der Waals surface area contributed by atoms with Crippen molar-refractivity contribution in [1.82, 2.24) is 4.90 Å². The van der Waals surface area contributed by atoms with Crippen LogP contribution in [-0.2, 0) is 14.2 Å². The number of nitriles is 1. The number of benzene rings is 1. The molecule has 2 saturated heterocycles. The lowest BCUT2D eigenvalue weighted by Gasteiger charge is -2.34. The van der Waals surface area contributed by atoms with Crippen LogP contribution in [0.2, 0.25) is 5.02 Å². The number of ether oxygens (including phenoxy) is 3. The number of carbonyl (C=O) groups is 1. The monoisotopic (exact) mass is 438 g/mol. The molecule has 0 saturated carbocycles. The normalized spacial score (nSPS) is 28.1. The zero-order chi connectivity index (χ0) is 21.4. The van der Waals surface area contributed by atoms with Crippen molar-refractivity contribution in [2.75, 3.05) is 5.75 Å². The molecule has 0 bridgehead atoms. The van der Waals surface area contributed by atoms with Crippen LogP contribution in [0.1, 0.15) is 41.0 Å². The smallest absolute Gasteiger partial charge is 0.411 e. The summed E-state index contributed by atoms with van der Waals surface area (Å²) in [6.07, 6.45) is -0.982. The van der Waals surface area contributed by atoms with Crippen LogP contribution < -0.4 is 0 Å². The lowest BCUT2D eigenvalue weighted by atomic mass is 10.1. The number of carbonyl (C=O) groups excluding carboxylic acids is 1. The third-order valence-corrected chi connectivity index (χ3v) is 6.14. The van der Waals surface area contributed by atoms with Crippen molar-refractivity contribution in [3.05, 3.63) is 29.3 Å². The van der Waals surface area contributed by atoms with Gasteiger partial charge >= 0.3 is 6.09 Å². The van der Waals surface area contributed by atoms with Gasteiger partial charge in [-0.05, 0) is 58.9 Å². The number of halogens is 1. The van der Waals surface area contributed by atoms with Gasteiger partial charge in [-0.15, -0.1) is 11.8 Å². The van der Waals surface area contributed by atoms with Crippen molar-refractivity contribution in [3.63, 3.8) is 0 Å². The van der Waals surface area contributed by atoms with E-state index in [9.17, 15) is 10.1 Å². The highest BCUT2D eigenvalue weighted by Gasteiger charge is 2.59. The molecule has 0 spiro atoms. The minimum absolute atomic E-state index is 0.155. The fourth-order valence-corrected chi connectivity index (χ4v) is 4.92. The van der Waals surface area contributed by atoms with Crippen LogP contribution in [0, 0.1) is 11.3 Å². The molecule has 2 aliphatic heterocycles. The first kappa shape index (κ1) is 22.2. The van der Waals surface area contributed by atoms with Crippen molar-refractivity contribution in [2.24, 2.45) is 0 Å². The number of amides is 1. The first-order chi connectivity index (χ1) is 13.5. The van der Waals surface area contributed by atoms with Crippen molar-refractivity contribution in [1.29, 1.82) is 5.26 Å². The minimum Gasteiger partial charge on any atom is -0.444 e. The Morgan fingerprint density at radius 1 is 1.24 bits per heavy atom. The number of fused-ring (bicyclic) bond motifs is 1. The van der Waals surface area contributed by atoms with E-state index in [4.69, 9.17) is 25.8 Å². The molecule has 2 aliphatic rings. The molecule has 2 heterocycles. The van der Waals surface area contributed by atoms with Gasteiger partial charge in [-0.2, -0.15) is 5.26 Å². The van der Waals surface area contributed by atoms with Gasteiger partial charge in [0.05, 0.1) is 24.6 Å². The van der Waals surface area contributed by atoms with Crippen molar-refractivity contribution in [2.45, 2.75) is 81.6 Å². The van der Waals surface area contributed by atoms with Gasteiger partial charge in [0, 0.05) is 15.7 Å². The van der Waals surface area contributed by atoms with Crippen LogP contribution in [0.15, 0.2) is 29.2 Å². The first-order valence-corrected chi connectivity index (χ1v) is 11.0. The van der Waals surface area contributed by atoms with Gasteiger partial charge in [-0.3, -0.25) is 4.90 Å². The molecule has 158 valence electrons. The van der Waals surface area contributed by atoms with Crippen LogP contribution in [-0.4, -0.2) is 52.4 Å². The molecule has 2 fully saturated rings. The molecule has 0 radical (unpaired) electrons. The molecule has 1 amide bonds. The highest BCUT2D eigenvalue weighted by atomic mass is 35.5. The molecule has 4 atom stereocenters. The lowest BCUT2D eigenvalue weighted by Crippen LogP contribution is -2.49. The predicted molar refractivity (Wildman–Crippen MR) is 112 cm³/mol. The van der Waals surface area contributed by atoms with E-state index in [1.807, 2.05) is 58.9 Å². The summed E-state index contributed by atoms with van der Waals surface area (Å²) < 4.78 is 17.9. The SMILES string of the molecule is CC(C)(C)OC(=O)N1[C@H](CSc2ccc(Cl)cc2)[C@H]2OC(C)(C)O[C@H]2[C@@H]1CC#N. The summed E-state index contributed by atoms with van der Waals surface area (Å²) in [7, 11) is 0. The minimum atomic E-state index is -0.758. The summed E-state index contributed by atoms with van der Waals surface area (Å²) in [4.78, 5) is 15.8. The van der Waals surface area contributed by atoms with Crippen LogP contribution in [0.25, 0.3) is 0 Å². The molecule has 6 nitrogen and oxygen atoms in total. The first-order valence-electron chi connectivity index (χ1n) is 9.63. The molecule has 1 aromatic rings. The van der Waals surface area contributed by atoms with Gasteiger partial charge in [0.15, 0.2) is 5.79 Å². The number of hydrogen-bond donors (Lipinski definition) is 0. The Hall–Kier alpha value is -1.46. The van der Waals surface area contributed by atoms with E-state index in [-0.39, 0.29) is 24.7 Å². The zero-order valence-corrected chi connectivity index (χ0v) is 18.9. The van der Waals surface area contributed by atoms with E-state index in [2.05, 4.69) is 6.07 Å². The van der Waals surface area contributed by atoms with Crippen LogP contribution in [0.3, 0.4) is 0 Å². The molecule has 1 aromatic carbocycles. The van der Waals surface area contributed by atoms with E-state index < -0.39 is 23.5 Å². The average molecular weight is 439 g/mol. The topological polar surface area (TPSA) is 71.8 Å². The second-order valence-electron chi connectivity index (χ2n) is 8.71. The Balaban J connectivity index is 1.87. The third-order valence-electron chi connectivity index (χ3n) is 4.78. The van der Waals surface area contributed by atoms with E-state index in [1.54, 1.807) is 16.7 Å². The summed E-state index contributed by atoms with van der Waals surface area (Å²) in [6, 6.07) is 9.05. The van der Waals surface area contributed by atoms with Crippen molar-refractivity contribution >= 4 is 29.5 Å².